The van der Waals surface area contributed by atoms with Crippen molar-refractivity contribution in [3.63, 3.8) is 0 Å². The van der Waals surface area contributed by atoms with E-state index in [1.54, 1.807) is 28.5 Å². The summed E-state index contributed by atoms with van der Waals surface area (Å²) >= 11 is 1.58. The van der Waals surface area contributed by atoms with Crippen LogP contribution in [0.5, 0.6) is 5.75 Å². The molecule has 1 aromatic heterocycles. The Kier molecular flexibility index (Phi) is 5.93. The summed E-state index contributed by atoms with van der Waals surface area (Å²) in [6, 6.07) is 7.94. The SMILES string of the molecule is CCOc1ccc(Cn2cc(C3SCC(=O)N3CCOC)nn2)cc1. The number of methoxy groups -OCH3 is 1. The minimum Gasteiger partial charge on any atom is -0.494 e. The summed E-state index contributed by atoms with van der Waals surface area (Å²) < 4.78 is 12.3. The lowest BCUT2D eigenvalue weighted by molar-refractivity contribution is -0.128. The third kappa shape index (κ3) is 4.32. The van der Waals surface area contributed by atoms with Crippen molar-refractivity contribution in [1.82, 2.24) is 19.9 Å². The molecule has 25 heavy (non-hydrogen) atoms. The zero-order valence-corrected chi connectivity index (χ0v) is 15.2. The van der Waals surface area contributed by atoms with Gasteiger partial charge in [-0.25, -0.2) is 4.68 Å². The predicted octanol–water partition coefficient (Wildman–Crippen LogP) is 1.95. The van der Waals surface area contributed by atoms with E-state index in [9.17, 15) is 4.79 Å². The highest BCUT2D eigenvalue weighted by molar-refractivity contribution is 8.00. The zero-order chi connectivity index (χ0) is 17.6. The maximum atomic E-state index is 12.0. The minimum absolute atomic E-state index is 0.0864. The Balaban J connectivity index is 1.66. The van der Waals surface area contributed by atoms with Crippen LogP contribution in [-0.2, 0) is 16.1 Å². The first-order chi connectivity index (χ1) is 12.2. The van der Waals surface area contributed by atoms with Crippen LogP contribution in [0.15, 0.2) is 30.5 Å². The minimum atomic E-state index is -0.0864. The molecule has 1 atom stereocenters. The van der Waals surface area contributed by atoms with Crippen LogP contribution in [0, 0.1) is 0 Å². The van der Waals surface area contributed by atoms with E-state index in [0.717, 1.165) is 17.0 Å². The molecule has 134 valence electrons. The van der Waals surface area contributed by atoms with Crippen molar-refractivity contribution < 1.29 is 14.3 Å². The quantitative estimate of drug-likeness (QED) is 0.715. The number of carbonyl (C=O) groups is 1. The smallest absolute Gasteiger partial charge is 0.233 e. The van der Waals surface area contributed by atoms with Gasteiger partial charge >= 0.3 is 0 Å². The van der Waals surface area contributed by atoms with Gasteiger partial charge in [0.1, 0.15) is 16.8 Å². The lowest BCUT2D eigenvalue weighted by Crippen LogP contribution is -2.31. The van der Waals surface area contributed by atoms with Crippen LogP contribution in [0.1, 0.15) is 23.6 Å². The molecule has 1 amide bonds. The van der Waals surface area contributed by atoms with Crippen molar-refractivity contribution in [1.29, 1.82) is 0 Å². The highest BCUT2D eigenvalue weighted by atomic mass is 32.2. The van der Waals surface area contributed by atoms with E-state index in [2.05, 4.69) is 10.3 Å². The second-order valence-electron chi connectivity index (χ2n) is 5.66. The van der Waals surface area contributed by atoms with Crippen LogP contribution < -0.4 is 4.74 Å². The van der Waals surface area contributed by atoms with Gasteiger partial charge in [-0.3, -0.25) is 4.79 Å². The van der Waals surface area contributed by atoms with E-state index in [1.165, 1.54) is 0 Å². The molecule has 2 heterocycles. The van der Waals surface area contributed by atoms with Crippen LogP contribution in [0.2, 0.25) is 0 Å². The van der Waals surface area contributed by atoms with Gasteiger partial charge in [-0.2, -0.15) is 0 Å². The van der Waals surface area contributed by atoms with Gasteiger partial charge in [0, 0.05) is 13.7 Å². The van der Waals surface area contributed by atoms with Crippen LogP contribution in [-0.4, -0.2) is 58.4 Å². The second kappa shape index (κ2) is 8.35. The Hall–Kier alpha value is -2.06. The summed E-state index contributed by atoms with van der Waals surface area (Å²) in [7, 11) is 1.63. The molecule has 0 spiro atoms. The number of thioether (sulfide) groups is 1. The predicted molar refractivity (Wildman–Crippen MR) is 95.5 cm³/mol. The number of aromatic nitrogens is 3. The summed E-state index contributed by atoms with van der Waals surface area (Å²) in [5.41, 5.74) is 1.92. The molecule has 3 rings (SSSR count). The maximum Gasteiger partial charge on any atom is 0.233 e. The highest BCUT2D eigenvalue weighted by Gasteiger charge is 2.34. The van der Waals surface area contributed by atoms with E-state index in [1.807, 2.05) is 37.4 Å². The monoisotopic (exact) mass is 362 g/mol. The van der Waals surface area contributed by atoms with Crippen LogP contribution in [0.3, 0.4) is 0 Å². The topological polar surface area (TPSA) is 69.5 Å². The molecule has 1 fully saturated rings. The molecule has 1 aliphatic heterocycles. The third-order valence-electron chi connectivity index (χ3n) is 3.89. The Morgan fingerprint density at radius 3 is 2.84 bits per heavy atom. The van der Waals surface area contributed by atoms with Gasteiger partial charge in [-0.1, -0.05) is 17.3 Å². The number of carbonyl (C=O) groups excluding carboxylic acids is 1. The van der Waals surface area contributed by atoms with E-state index in [-0.39, 0.29) is 11.3 Å². The van der Waals surface area contributed by atoms with Gasteiger partial charge in [-0.15, -0.1) is 16.9 Å². The lowest BCUT2D eigenvalue weighted by Gasteiger charge is -2.21. The van der Waals surface area contributed by atoms with Gasteiger partial charge in [0.25, 0.3) is 0 Å². The molecular formula is C17H22N4O3S. The lowest BCUT2D eigenvalue weighted by atomic mass is 10.2. The number of hydrogen-bond donors (Lipinski definition) is 0. The molecule has 2 aromatic rings. The molecule has 1 aromatic carbocycles. The molecule has 8 heteroatoms. The Labute approximate surface area is 151 Å². The number of rotatable bonds is 8. The highest BCUT2D eigenvalue weighted by Crippen LogP contribution is 2.37. The van der Waals surface area contributed by atoms with E-state index in [0.29, 0.717) is 32.1 Å². The number of hydrogen-bond acceptors (Lipinski definition) is 6. The first kappa shape index (κ1) is 17.8. The molecule has 7 nitrogen and oxygen atoms in total. The van der Waals surface area contributed by atoms with Crippen molar-refractivity contribution >= 4 is 17.7 Å². The molecule has 0 N–H and O–H groups in total. The Bertz CT molecular complexity index is 704. The summed E-state index contributed by atoms with van der Waals surface area (Å²) in [6.45, 7) is 4.33. The average Bonchev–Trinajstić information content (AvgIpc) is 3.21. The van der Waals surface area contributed by atoms with E-state index >= 15 is 0 Å². The fourth-order valence-corrected chi connectivity index (χ4v) is 3.83. The summed E-state index contributed by atoms with van der Waals surface area (Å²) in [5, 5.41) is 8.39. The molecule has 0 bridgehead atoms. The third-order valence-corrected chi connectivity index (χ3v) is 5.12. The molecule has 1 aliphatic rings. The van der Waals surface area contributed by atoms with Gasteiger partial charge < -0.3 is 14.4 Å². The van der Waals surface area contributed by atoms with Gasteiger partial charge in [0.05, 0.1) is 31.7 Å². The summed E-state index contributed by atoms with van der Waals surface area (Å²) in [5.74, 6) is 1.45. The van der Waals surface area contributed by atoms with Crippen molar-refractivity contribution in [2.24, 2.45) is 0 Å². The van der Waals surface area contributed by atoms with Gasteiger partial charge in [0.2, 0.25) is 5.91 Å². The fraction of sp³-hybridized carbons (Fsp3) is 0.471. The maximum absolute atomic E-state index is 12.0. The molecule has 0 aliphatic carbocycles. The standard InChI is InChI=1S/C17H22N4O3S/c1-3-24-14-6-4-13(5-7-14)10-20-11-15(18-19-20)17-21(8-9-23-2)16(22)12-25-17/h4-7,11,17H,3,8-10,12H2,1-2H3. The van der Waals surface area contributed by atoms with Gasteiger partial charge in [0.15, 0.2) is 0 Å². The molecule has 1 unspecified atom stereocenters. The van der Waals surface area contributed by atoms with Crippen molar-refractivity contribution in [3.05, 3.63) is 41.7 Å². The summed E-state index contributed by atoms with van der Waals surface area (Å²) in [4.78, 5) is 13.8. The Morgan fingerprint density at radius 2 is 2.12 bits per heavy atom. The van der Waals surface area contributed by atoms with Crippen LogP contribution in [0.25, 0.3) is 0 Å². The normalized spacial score (nSPS) is 17.3. The second-order valence-corrected chi connectivity index (χ2v) is 6.73. The van der Waals surface area contributed by atoms with Crippen LogP contribution in [0.4, 0.5) is 0 Å². The Morgan fingerprint density at radius 1 is 1.32 bits per heavy atom. The van der Waals surface area contributed by atoms with Crippen molar-refractivity contribution in [2.75, 3.05) is 32.6 Å². The number of nitrogens with zero attached hydrogens (tertiary/aromatic N) is 4. The van der Waals surface area contributed by atoms with Crippen molar-refractivity contribution in [2.45, 2.75) is 18.8 Å². The molecular weight excluding hydrogens is 340 g/mol. The van der Waals surface area contributed by atoms with E-state index < -0.39 is 0 Å². The fourth-order valence-electron chi connectivity index (χ4n) is 2.68. The molecule has 0 saturated carbocycles. The van der Waals surface area contributed by atoms with E-state index in [4.69, 9.17) is 9.47 Å². The van der Waals surface area contributed by atoms with Crippen LogP contribution >= 0.6 is 11.8 Å². The van der Waals surface area contributed by atoms with Crippen molar-refractivity contribution in [3.8, 4) is 5.75 Å². The first-order valence-corrected chi connectivity index (χ1v) is 9.28. The average molecular weight is 362 g/mol. The summed E-state index contributed by atoms with van der Waals surface area (Å²) in [6.07, 6.45) is 1.91. The largest absolute Gasteiger partial charge is 0.494 e. The first-order valence-electron chi connectivity index (χ1n) is 8.23. The number of ether oxygens (including phenoxy) is 2. The molecule has 0 radical (unpaired) electrons. The van der Waals surface area contributed by atoms with Gasteiger partial charge in [-0.05, 0) is 24.6 Å². The number of amides is 1. The molecule has 1 saturated heterocycles. The zero-order valence-electron chi connectivity index (χ0n) is 14.4. The number of benzene rings is 1.